The van der Waals surface area contributed by atoms with Crippen molar-refractivity contribution in [2.24, 2.45) is 30.2 Å². The molecule has 8 heteroatoms. The van der Waals surface area contributed by atoms with Crippen molar-refractivity contribution >= 4 is 17.6 Å². The van der Waals surface area contributed by atoms with E-state index >= 15 is 0 Å². The maximum atomic E-state index is 12.4. The Morgan fingerprint density at radius 2 is 1.70 bits per heavy atom. The second-order valence-corrected chi connectivity index (χ2v) is 8.76. The summed E-state index contributed by atoms with van der Waals surface area (Å²) in [6.07, 6.45) is 7.45. The number of ketones is 1. The molecule has 4 bridgehead atoms. The first kappa shape index (κ1) is 18.0. The number of aromatic nitrogens is 2. The fourth-order valence-electron chi connectivity index (χ4n) is 5.99. The quantitative estimate of drug-likeness (QED) is 0.584. The smallest absolute Gasteiger partial charge is 0.329 e. The number of hydrogen-bond donors (Lipinski definition) is 2. The Labute approximate surface area is 156 Å². The number of hydrogen-bond acceptors (Lipinski definition) is 6. The second kappa shape index (κ2) is 6.35. The highest BCUT2D eigenvalue weighted by Crippen LogP contribution is 2.61. The van der Waals surface area contributed by atoms with Crippen LogP contribution in [-0.4, -0.2) is 27.9 Å². The molecule has 1 heterocycles. The minimum atomic E-state index is -0.863. The van der Waals surface area contributed by atoms with E-state index in [0.29, 0.717) is 6.42 Å². The first-order valence-electron chi connectivity index (χ1n) is 9.54. The van der Waals surface area contributed by atoms with E-state index in [2.05, 4.69) is 0 Å². The van der Waals surface area contributed by atoms with Crippen molar-refractivity contribution in [1.29, 1.82) is 0 Å². The van der Waals surface area contributed by atoms with Gasteiger partial charge in [0.1, 0.15) is 11.4 Å². The summed E-state index contributed by atoms with van der Waals surface area (Å²) in [6, 6.07) is 0. The molecule has 0 unspecified atom stereocenters. The molecule has 0 saturated heterocycles. The molecule has 0 aliphatic heterocycles. The van der Waals surface area contributed by atoms with Crippen LogP contribution in [0.25, 0.3) is 0 Å². The Morgan fingerprint density at radius 3 is 2.26 bits per heavy atom. The van der Waals surface area contributed by atoms with Gasteiger partial charge in [-0.05, 0) is 61.7 Å². The van der Waals surface area contributed by atoms with E-state index in [1.54, 1.807) is 0 Å². The summed E-state index contributed by atoms with van der Waals surface area (Å²) in [5.74, 6) is 0.859. The third-order valence-corrected chi connectivity index (χ3v) is 6.70. The topological polar surface area (TPSA) is 124 Å². The first-order valence-corrected chi connectivity index (χ1v) is 9.54. The molecule has 0 amide bonds. The number of nitrogens with two attached hydrogens (primary N) is 1. The van der Waals surface area contributed by atoms with E-state index in [4.69, 9.17) is 10.5 Å². The zero-order chi connectivity index (χ0) is 19.3. The molecule has 1 aromatic heterocycles. The lowest BCUT2D eigenvalue weighted by Gasteiger charge is -2.56. The van der Waals surface area contributed by atoms with E-state index in [9.17, 15) is 19.2 Å². The number of nitrogens with zero attached hydrogens (tertiary/aromatic N) is 1. The summed E-state index contributed by atoms with van der Waals surface area (Å²) >= 11 is 0. The lowest BCUT2D eigenvalue weighted by atomic mass is 9.49. The minimum absolute atomic E-state index is 0.0298. The number of anilines is 1. The Hall–Kier alpha value is -2.38. The standard InChI is InChI=1S/C19H25N3O5/c1-22-16(20)15(17(25)21-18(22)26)13(23)9-27-14(24)8-19-5-10-2-11(6-19)4-12(3-10)7-19/h10-12H,2-9,20H2,1H3,(H,21,25,26). The molecule has 27 heavy (non-hydrogen) atoms. The predicted molar refractivity (Wildman–Crippen MR) is 97.2 cm³/mol. The lowest BCUT2D eigenvalue weighted by Crippen LogP contribution is -2.47. The highest BCUT2D eigenvalue weighted by atomic mass is 16.5. The maximum absolute atomic E-state index is 12.4. The average Bonchev–Trinajstić information content (AvgIpc) is 2.56. The van der Waals surface area contributed by atoms with Gasteiger partial charge in [-0.15, -0.1) is 0 Å². The number of H-pyrrole nitrogens is 1. The molecule has 3 N–H and O–H groups in total. The summed E-state index contributed by atoms with van der Waals surface area (Å²) < 4.78 is 6.17. The van der Waals surface area contributed by atoms with Crippen LogP contribution in [0.3, 0.4) is 0 Å². The normalized spacial score (nSPS) is 31.1. The van der Waals surface area contributed by atoms with Gasteiger partial charge in [-0.1, -0.05) is 0 Å². The number of nitrogen functional groups attached to an aromatic ring is 1. The molecule has 0 atom stereocenters. The van der Waals surface area contributed by atoms with Crippen molar-refractivity contribution < 1.29 is 14.3 Å². The van der Waals surface area contributed by atoms with Gasteiger partial charge in [0.15, 0.2) is 6.61 Å². The van der Waals surface area contributed by atoms with Gasteiger partial charge in [0.2, 0.25) is 5.78 Å². The number of carbonyl (C=O) groups is 2. The van der Waals surface area contributed by atoms with Crippen molar-refractivity contribution in [2.45, 2.75) is 44.9 Å². The maximum Gasteiger partial charge on any atom is 0.329 e. The van der Waals surface area contributed by atoms with Crippen molar-refractivity contribution in [2.75, 3.05) is 12.3 Å². The van der Waals surface area contributed by atoms with Gasteiger partial charge in [-0.25, -0.2) is 4.79 Å². The third kappa shape index (κ3) is 3.21. The Kier molecular flexibility index (Phi) is 4.24. The van der Waals surface area contributed by atoms with Gasteiger partial charge in [0.05, 0.1) is 6.42 Å². The van der Waals surface area contributed by atoms with E-state index in [-0.39, 0.29) is 16.8 Å². The zero-order valence-corrected chi connectivity index (χ0v) is 15.5. The fourth-order valence-corrected chi connectivity index (χ4v) is 5.99. The van der Waals surface area contributed by atoms with Crippen molar-refractivity contribution in [3.63, 3.8) is 0 Å². The van der Waals surface area contributed by atoms with Crippen molar-refractivity contribution in [3.8, 4) is 0 Å². The Morgan fingerprint density at radius 1 is 1.15 bits per heavy atom. The molecular weight excluding hydrogens is 350 g/mol. The number of rotatable bonds is 5. The number of ether oxygens (including phenoxy) is 1. The van der Waals surface area contributed by atoms with E-state index in [0.717, 1.165) is 41.6 Å². The van der Waals surface area contributed by atoms with Gasteiger partial charge >= 0.3 is 11.7 Å². The van der Waals surface area contributed by atoms with Gasteiger partial charge in [0.25, 0.3) is 5.56 Å². The average molecular weight is 375 g/mol. The number of esters is 1. The van der Waals surface area contributed by atoms with Crippen LogP contribution in [0.5, 0.6) is 0 Å². The monoisotopic (exact) mass is 375 g/mol. The molecule has 0 aromatic carbocycles. The van der Waals surface area contributed by atoms with Gasteiger partial charge in [-0.2, -0.15) is 0 Å². The van der Waals surface area contributed by atoms with Crippen molar-refractivity contribution in [3.05, 3.63) is 26.4 Å². The molecule has 1 aromatic rings. The number of Topliss-reactive ketones (excluding diaryl/α,β-unsaturated/α-hetero) is 1. The predicted octanol–water partition coefficient (Wildman–Crippen LogP) is 0.988. The SMILES string of the molecule is Cn1c(N)c(C(=O)COC(=O)CC23CC4CC(CC(C4)C2)C3)c(=O)[nH]c1=O. The molecular formula is C19H25N3O5. The summed E-state index contributed by atoms with van der Waals surface area (Å²) in [4.78, 5) is 50.1. The summed E-state index contributed by atoms with van der Waals surface area (Å²) in [7, 11) is 1.35. The fraction of sp³-hybridized carbons (Fsp3) is 0.684. The summed E-state index contributed by atoms with van der Waals surface area (Å²) in [6.45, 7) is -0.545. The van der Waals surface area contributed by atoms with Crippen molar-refractivity contribution in [1.82, 2.24) is 9.55 Å². The van der Waals surface area contributed by atoms with E-state index in [1.165, 1.54) is 26.3 Å². The number of aromatic amines is 1. The van der Waals surface area contributed by atoms with E-state index in [1.807, 2.05) is 4.98 Å². The van der Waals surface area contributed by atoms with Crippen LogP contribution < -0.4 is 17.0 Å². The van der Waals surface area contributed by atoms with Crippen LogP contribution in [0.2, 0.25) is 0 Å². The lowest BCUT2D eigenvalue weighted by molar-refractivity contribution is -0.150. The van der Waals surface area contributed by atoms with Crippen LogP contribution in [0.15, 0.2) is 9.59 Å². The zero-order valence-electron chi connectivity index (χ0n) is 15.5. The number of carbonyl (C=O) groups excluding carboxylic acids is 2. The third-order valence-electron chi connectivity index (χ3n) is 6.70. The van der Waals surface area contributed by atoms with Crippen LogP contribution in [0.4, 0.5) is 5.82 Å². The molecule has 4 aliphatic rings. The second-order valence-electron chi connectivity index (χ2n) is 8.76. The minimum Gasteiger partial charge on any atom is -0.457 e. The largest absolute Gasteiger partial charge is 0.457 e. The van der Waals surface area contributed by atoms with Crippen LogP contribution in [-0.2, 0) is 16.6 Å². The van der Waals surface area contributed by atoms with Crippen LogP contribution in [0, 0.1) is 23.2 Å². The molecule has 4 fully saturated rings. The van der Waals surface area contributed by atoms with E-state index < -0.39 is 29.6 Å². The molecule has 5 rings (SSSR count). The molecule has 4 saturated carbocycles. The molecule has 4 aliphatic carbocycles. The van der Waals surface area contributed by atoms with Crippen LogP contribution >= 0.6 is 0 Å². The highest BCUT2D eigenvalue weighted by molar-refractivity contribution is 6.01. The van der Waals surface area contributed by atoms with Gasteiger partial charge in [-0.3, -0.25) is 23.9 Å². The van der Waals surface area contributed by atoms with Gasteiger partial charge < -0.3 is 10.5 Å². The first-order chi connectivity index (χ1) is 12.8. The highest BCUT2D eigenvalue weighted by Gasteiger charge is 2.51. The van der Waals surface area contributed by atoms with Crippen LogP contribution in [0.1, 0.15) is 55.3 Å². The summed E-state index contributed by atoms with van der Waals surface area (Å²) in [5, 5.41) is 0. The van der Waals surface area contributed by atoms with Gasteiger partial charge in [0, 0.05) is 7.05 Å². The summed E-state index contributed by atoms with van der Waals surface area (Å²) in [5.41, 5.74) is 3.83. The molecule has 8 nitrogen and oxygen atoms in total. The molecule has 146 valence electrons. The number of nitrogens with one attached hydrogen (secondary N) is 1. The Balaban J connectivity index is 1.40. The molecule has 0 spiro atoms. The molecule has 0 radical (unpaired) electrons. The Bertz CT molecular complexity index is 878.